The van der Waals surface area contributed by atoms with E-state index < -0.39 is 16.1 Å². The number of aliphatic hydroxyl groups is 1. The molecule has 1 rings (SSSR count). The van der Waals surface area contributed by atoms with Crippen molar-refractivity contribution >= 4 is 10.0 Å². The third-order valence-corrected chi connectivity index (χ3v) is 4.53. The van der Waals surface area contributed by atoms with Crippen molar-refractivity contribution in [3.8, 4) is 6.07 Å². The van der Waals surface area contributed by atoms with Gasteiger partial charge in [-0.15, -0.1) is 0 Å². The molecule has 6 heteroatoms. The number of hydrogen-bond acceptors (Lipinski definition) is 4. The summed E-state index contributed by atoms with van der Waals surface area (Å²) >= 11 is 0. The summed E-state index contributed by atoms with van der Waals surface area (Å²) in [6.07, 6.45) is -0.258. The van der Waals surface area contributed by atoms with Gasteiger partial charge in [-0.1, -0.05) is 26.8 Å². The molecule has 0 heterocycles. The minimum absolute atomic E-state index is 0.0458. The number of nitriles is 1. The summed E-state index contributed by atoms with van der Waals surface area (Å²) < 4.78 is 26.9. The Morgan fingerprint density at radius 1 is 1.38 bits per heavy atom. The third kappa shape index (κ3) is 5.46. The van der Waals surface area contributed by atoms with Crippen LogP contribution in [-0.4, -0.2) is 26.2 Å². The lowest BCUT2D eigenvalue weighted by molar-refractivity contribution is 0.125. The predicted molar refractivity (Wildman–Crippen MR) is 81.2 cm³/mol. The maximum Gasteiger partial charge on any atom is 0.240 e. The van der Waals surface area contributed by atoms with Crippen molar-refractivity contribution in [1.82, 2.24) is 4.72 Å². The molecule has 1 aromatic carbocycles. The summed E-state index contributed by atoms with van der Waals surface area (Å²) in [5.74, 6) is 0. The molecule has 0 aliphatic carbocycles. The van der Waals surface area contributed by atoms with E-state index in [0.717, 1.165) is 0 Å². The van der Waals surface area contributed by atoms with Gasteiger partial charge >= 0.3 is 0 Å². The fourth-order valence-electron chi connectivity index (χ4n) is 2.02. The smallest absolute Gasteiger partial charge is 0.240 e. The summed E-state index contributed by atoms with van der Waals surface area (Å²) in [5, 5.41) is 18.7. The first-order chi connectivity index (χ1) is 9.55. The topological polar surface area (TPSA) is 90.2 Å². The number of benzene rings is 1. The van der Waals surface area contributed by atoms with Crippen molar-refractivity contribution in [3.05, 3.63) is 29.3 Å². The van der Waals surface area contributed by atoms with Crippen molar-refractivity contribution in [2.45, 2.75) is 45.1 Å². The van der Waals surface area contributed by atoms with Gasteiger partial charge in [0.2, 0.25) is 10.0 Å². The molecule has 0 saturated carbocycles. The van der Waals surface area contributed by atoms with E-state index in [4.69, 9.17) is 5.26 Å². The maximum absolute atomic E-state index is 12.3. The molecule has 1 aromatic rings. The molecule has 2 N–H and O–H groups in total. The van der Waals surface area contributed by atoms with Crippen molar-refractivity contribution in [1.29, 1.82) is 5.26 Å². The molecule has 0 spiro atoms. The van der Waals surface area contributed by atoms with Crippen molar-refractivity contribution in [2.24, 2.45) is 5.41 Å². The largest absolute Gasteiger partial charge is 0.392 e. The second-order valence-electron chi connectivity index (χ2n) is 6.36. The van der Waals surface area contributed by atoms with Crippen LogP contribution in [0.3, 0.4) is 0 Å². The van der Waals surface area contributed by atoms with Crippen molar-refractivity contribution in [2.75, 3.05) is 6.54 Å². The Bertz CT molecular complexity index is 640. The Morgan fingerprint density at radius 3 is 2.52 bits per heavy atom. The standard InChI is InChI=1S/C15H22N2O3S/c1-11-5-6-12(9-16)7-14(11)21(19,20)17-10-13(18)8-15(2,3)4/h5-7,13,17-18H,8,10H2,1-4H3. The summed E-state index contributed by atoms with van der Waals surface area (Å²) in [6.45, 7) is 7.55. The zero-order valence-corrected chi connectivity index (χ0v) is 13.7. The summed E-state index contributed by atoms with van der Waals surface area (Å²) in [4.78, 5) is 0.0736. The molecule has 0 amide bonds. The average molecular weight is 310 g/mol. The Kier molecular flexibility index (Phi) is 5.51. The van der Waals surface area contributed by atoms with Crippen LogP contribution in [0.1, 0.15) is 38.3 Å². The Hall–Kier alpha value is -1.42. The number of rotatable bonds is 5. The first-order valence-corrected chi connectivity index (χ1v) is 8.22. The van der Waals surface area contributed by atoms with Gasteiger partial charge in [-0.05, 0) is 36.5 Å². The number of nitrogens with zero attached hydrogens (tertiary/aromatic N) is 1. The Labute approximate surface area is 126 Å². The third-order valence-electron chi connectivity index (χ3n) is 2.96. The van der Waals surface area contributed by atoms with E-state index in [1.165, 1.54) is 6.07 Å². The van der Waals surface area contributed by atoms with Gasteiger partial charge in [0.05, 0.1) is 22.6 Å². The molecule has 116 valence electrons. The fourth-order valence-corrected chi connectivity index (χ4v) is 3.36. The molecular weight excluding hydrogens is 288 g/mol. The van der Waals surface area contributed by atoms with Gasteiger partial charge in [-0.25, -0.2) is 13.1 Å². The highest BCUT2D eigenvalue weighted by atomic mass is 32.2. The van der Waals surface area contributed by atoms with E-state index in [-0.39, 0.29) is 22.4 Å². The highest BCUT2D eigenvalue weighted by Crippen LogP contribution is 2.21. The minimum atomic E-state index is -3.74. The van der Waals surface area contributed by atoms with Crippen LogP contribution in [0.5, 0.6) is 0 Å². The van der Waals surface area contributed by atoms with Crippen LogP contribution in [0.15, 0.2) is 23.1 Å². The zero-order valence-electron chi connectivity index (χ0n) is 12.8. The van der Waals surface area contributed by atoms with E-state index in [2.05, 4.69) is 4.72 Å². The molecule has 5 nitrogen and oxygen atoms in total. The number of nitrogens with one attached hydrogen (secondary N) is 1. The molecule has 0 fully saturated rings. The number of aryl methyl sites for hydroxylation is 1. The molecule has 0 aliphatic heterocycles. The second-order valence-corrected chi connectivity index (χ2v) is 8.10. The van der Waals surface area contributed by atoms with E-state index in [1.807, 2.05) is 26.8 Å². The Morgan fingerprint density at radius 2 is 2.00 bits per heavy atom. The molecule has 0 radical (unpaired) electrons. The van der Waals surface area contributed by atoms with E-state index in [9.17, 15) is 13.5 Å². The number of hydrogen-bond donors (Lipinski definition) is 2. The van der Waals surface area contributed by atoms with Gasteiger partial charge in [0.1, 0.15) is 0 Å². The van der Waals surface area contributed by atoms with Gasteiger partial charge in [0.25, 0.3) is 0 Å². The molecule has 21 heavy (non-hydrogen) atoms. The van der Waals surface area contributed by atoms with Crippen LogP contribution in [0, 0.1) is 23.7 Å². The van der Waals surface area contributed by atoms with Gasteiger partial charge < -0.3 is 5.11 Å². The molecular formula is C15H22N2O3S. The van der Waals surface area contributed by atoms with Crippen molar-refractivity contribution < 1.29 is 13.5 Å². The molecule has 0 aliphatic rings. The van der Waals surface area contributed by atoms with Gasteiger partial charge in [0, 0.05) is 6.54 Å². The van der Waals surface area contributed by atoms with Crippen LogP contribution in [0.2, 0.25) is 0 Å². The van der Waals surface area contributed by atoms with Crippen LogP contribution in [0.4, 0.5) is 0 Å². The first-order valence-electron chi connectivity index (χ1n) is 6.74. The lowest BCUT2D eigenvalue weighted by Gasteiger charge is -2.22. The number of sulfonamides is 1. The highest BCUT2D eigenvalue weighted by Gasteiger charge is 2.21. The van der Waals surface area contributed by atoms with Crippen LogP contribution in [0.25, 0.3) is 0 Å². The van der Waals surface area contributed by atoms with E-state index in [0.29, 0.717) is 12.0 Å². The SMILES string of the molecule is Cc1ccc(C#N)cc1S(=O)(=O)NCC(O)CC(C)(C)C. The second kappa shape index (κ2) is 6.56. The van der Waals surface area contributed by atoms with Crippen molar-refractivity contribution in [3.63, 3.8) is 0 Å². The Balaban J connectivity index is 2.86. The highest BCUT2D eigenvalue weighted by molar-refractivity contribution is 7.89. The van der Waals surface area contributed by atoms with E-state index in [1.54, 1.807) is 19.1 Å². The average Bonchev–Trinajstić information content (AvgIpc) is 2.35. The summed E-state index contributed by atoms with van der Waals surface area (Å²) in [7, 11) is -3.74. The van der Waals surface area contributed by atoms with Gasteiger partial charge in [-0.2, -0.15) is 5.26 Å². The van der Waals surface area contributed by atoms with Crippen LogP contribution < -0.4 is 4.72 Å². The quantitative estimate of drug-likeness (QED) is 0.869. The number of aliphatic hydroxyl groups excluding tert-OH is 1. The van der Waals surface area contributed by atoms with Gasteiger partial charge in [0.15, 0.2) is 0 Å². The van der Waals surface area contributed by atoms with Gasteiger partial charge in [-0.3, -0.25) is 0 Å². The monoisotopic (exact) mass is 310 g/mol. The molecule has 0 bridgehead atoms. The summed E-state index contributed by atoms with van der Waals surface area (Å²) in [6, 6.07) is 6.43. The molecule has 1 atom stereocenters. The first kappa shape index (κ1) is 17.6. The molecule has 0 saturated heterocycles. The lowest BCUT2D eigenvalue weighted by atomic mass is 9.89. The van der Waals surface area contributed by atoms with E-state index >= 15 is 0 Å². The predicted octanol–water partition coefficient (Wildman–Crippen LogP) is 1.94. The lowest BCUT2D eigenvalue weighted by Crippen LogP contribution is -2.34. The molecule has 0 aromatic heterocycles. The fraction of sp³-hybridized carbons (Fsp3) is 0.533. The van der Waals surface area contributed by atoms with Crippen LogP contribution >= 0.6 is 0 Å². The summed E-state index contributed by atoms with van der Waals surface area (Å²) in [5.41, 5.74) is 0.768. The minimum Gasteiger partial charge on any atom is -0.392 e. The van der Waals surface area contributed by atoms with Crippen LogP contribution in [-0.2, 0) is 10.0 Å². The zero-order chi connectivity index (χ0) is 16.3. The molecule has 1 unspecified atom stereocenters. The normalized spacial score (nSPS) is 13.7. The maximum atomic E-state index is 12.3.